The number of rotatable bonds is 2. The standard InChI is InChI=1S/C10H14BN6.Ir/c1-14-5-3-12-9(14)16-7-8-17(11-16)10-13-4-6-15(10)2;/h3-6H,7-8H2,1-2H3;. The van der Waals surface area contributed by atoms with Crippen molar-refractivity contribution in [1.82, 2.24) is 19.1 Å². The van der Waals surface area contributed by atoms with Gasteiger partial charge in [-0.1, -0.05) is 0 Å². The number of nitrogens with zero attached hydrogens (tertiary/aromatic N) is 6. The molecular weight excluding hydrogens is 407 g/mol. The van der Waals surface area contributed by atoms with Gasteiger partial charge in [0.1, 0.15) is 0 Å². The van der Waals surface area contributed by atoms with Crippen molar-refractivity contribution in [3.05, 3.63) is 24.8 Å². The fraction of sp³-hybridized carbons (Fsp3) is 0.400. The molecule has 2 aromatic heterocycles. The predicted octanol–water partition coefficient (Wildman–Crippen LogP) is 0.0119. The zero-order valence-corrected chi connectivity index (χ0v) is 12.7. The van der Waals surface area contributed by atoms with Crippen molar-refractivity contribution >= 4 is 19.4 Å². The van der Waals surface area contributed by atoms with Crippen LogP contribution in [0.15, 0.2) is 24.8 Å². The van der Waals surface area contributed by atoms with Crippen molar-refractivity contribution in [2.45, 2.75) is 0 Å². The molecule has 2 aromatic rings. The summed E-state index contributed by atoms with van der Waals surface area (Å²) in [4.78, 5) is 12.9. The first-order valence-electron chi connectivity index (χ1n) is 5.58. The summed E-state index contributed by atoms with van der Waals surface area (Å²) in [7, 11) is 6.06. The molecule has 3 rings (SSSR count). The quantitative estimate of drug-likeness (QED) is 0.642. The van der Waals surface area contributed by atoms with Crippen LogP contribution in [0, 0.1) is 0 Å². The Labute approximate surface area is 120 Å². The molecule has 0 amide bonds. The molecule has 18 heavy (non-hydrogen) atoms. The number of hydrogen-bond acceptors (Lipinski definition) is 4. The van der Waals surface area contributed by atoms with E-state index in [9.17, 15) is 0 Å². The number of anilines is 2. The smallest absolute Gasteiger partial charge is 0.367 e. The third-order valence-corrected chi connectivity index (χ3v) is 2.97. The SMILES string of the molecule is Cn1ccnc1N1[B]N(c2nccn2C)CC1.[Ir]. The van der Waals surface area contributed by atoms with Crippen molar-refractivity contribution in [2.75, 3.05) is 22.7 Å². The molecule has 96 valence electrons. The van der Waals surface area contributed by atoms with Gasteiger partial charge in [0.25, 0.3) is 0 Å². The Kier molecular flexibility index (Phi) is 3.77. The van der Waals surface area contributed by atoms with Crippen LogP contribution in [0.1, 0.15) is 0 Å². The molecule has 0 spiro atoms. The van der Waals surface area contributed by atoms with Gasteiger partial charge in [-0.15, -0.1) is 0 Å². The molecule has 1 aliphatic rings. The summed E-state index contributed by atoms with van der Waals surface area (Å²) in [5, 5.41) is 0. The summed E-state index contributed by atoms with van der Waals surface area (Å²) >= 11 is 0. The van der Waals surface area contributed by atoms with E-state index in [4.69, 9.17) is 0 Å². The topological polar surface area (TPSA) is 42.1 Å². The second kappa shape index (κ2) is 5.16. The van der Waals surface area contributed by atoms with E-state index in [0.717, 1.165) is 25.0 Å². The van der Waals surface area contributed by atoms with Crippen molar-refractivity contribution in [3.8, 4) is 0 Å². The van der Waals surface area contributed by atoms with Crippen LogP contribution in [0.3, 0.4) is 0 Å². The van der Waals surface area contributed by atoms with Gasteiger partial charge in [0.2, 0.25) is 0 Å². The summed E-state index contributed by atoms with van der Waals surface area (Å²) in [6.07, 6.45) is 7.53. The predicted molar refractivity (Wildman–Crippen MR) is 66.9 cm³/mol. The van der Waals surface area contributed by atoms with E-state index in [1.807, 2.05) is 48.0 Å². The molecule has 0 bridgehead atoms. The summed E-state index contributed by atoms with van der Waals surface area (Å²) in [6.45, 7) is 1.86. The van der Waals surface area contributed by atoms with Crippen molar-refractivity contribution in [3.63, 3.8) is 0 Å². The van der Waals surface area contributed by atoms with E-state index in [0.29, 0.717) is 0 Å². The minimum atomic E-state index is 0. The van der Waals surface area contributed by atoms with Crippen molar-refractivity contribution < 1.29 is 20.1 Å². The van der Waals surface area contributed by atoms with Crippen LogP contribution in [0.2, 0.25) is 0 Å². The minimum Gasteiger partial charge on any atom is -0.367 e. The molecule has 1 aliphatic heterocycles. The molecule has 8 heteroatoms. The maximum Gasteiger partial charge on any atom is 0.396 e. The van der Waals surface area contributed by atoms with Gasteiger partial charge in [0, 0.05) is 72.1 Å². The number of imidazole rings is 2. The number of hydrogen-bond donors (Lipinski definition) is 0. The van der Waals surface area contributed by atoms with Crippen molar-refractivity contribution in [1.29, 1.82) is 0 Å². The maximum atomic E-state index is 4.34. The Morgan fingerprint density at radius 2 is 1.39 bits per heavy atom. The Hall–Kier alpha value is -1.27. The number of aromatic nitrogens is 4. The molecule has 0 unspecified atom stereocenters. The molecule has 0 saturated carbocycles. The third-order valence-electron chi connectivity index (χ3n) is 2.97. The average Bonchev–Trinajstić information content (AvgIpc) is 2.97. The van der Waals surface area contributed by atoms with E-state index in [2.05, 4.69) is 27.1 Å². The summed E-state index contributed by atoms with van der Waals surface area (Å²) in [5.41, 5.74) is 0. The summed E-state index contributed by atoms with van der Waals surface area (Å²) < 4.78 is 4.02. The molecule has 1 fully saturated rings. The van der Waals surface area contributed by atoms with E-state index in [-0.39, 0.29) is 20.1 Å². The van der Waals surface area contributed by atoms with Crippen LogP contribution < -0.4 is 9.62 Å². The monoisotopic (exact) mass is 422 g/mol. The molecule has 0 atom stereocenters. The fourth-order valence-electron chi connectivity index (χ4n) is 2.07. The van der Waals surface area contributed by atoms with Crippen LogP contribution in [-0.4, -0.2) is 39.7 Å². The summed E-state index contributed by atoms with van der Waals surface area (Å²) in [6, 6.07) is 0. The minimum absolute atomic E-state index is 0. The Bertz CT molecular complexity index is 478. The molecule has 0 N–H and O–H groups in total. The van der Waals surface area contributed by atoms with Crippen LogP contribution in [0.4, 0.5) is 11.9 Å². The fourth-order valence-corrected chi connectivity index (χ4v) is 2.07. The first-order valence-corrected chi connectivity index (χ1v) is 5.58. The van der Waals surface area contributed by atoms with Gasteiger partial charge in [-0.25, -0.2) is 9.97 Å². The molecule has 6 nitrogen and oxygen atoms in total. The summed E-state index contributed by atoms with van der Waals surface area (Å²) in [5.74, 6) is 1.92. The van der Waals surface area contributed by atoms with Crippen LogP contribution in [0.5, 0.6) is 0 Å². The number of aryl methyl sites for hydroxylation is 2. The Morgan fingerprint density at radius 1 is 0.944 bits per heavy atom. The van der Waals surface area contributed by atoms with Crippen LogP contribution >= 0.6 is 0 Å². The van der Waals surface area contributed by atoms with Gasteiger partial charge in [-0.3, -0.25) is 0 Å². The normalized spacial score (nSPS) is 14.6. The van der Waals surface area contributed by atoms with Gasteiger partial charge >= 0.3 is 7.55 Å². The second-order valence-corrected chi connectivity index (χ2v) is 4.18. The van der Waals surface area contributed by atoms with Gasteiger partial charge < -0.3 is 18.8 Å². The van der Waals surface area contributed by atoms with Gasteiger partial charge in [-0.2, -0.15) is 0 Å². The van der Waals surface area contributed by atoms with Crippen molar-refractivity contribution in [2.24, 2.45) is 14.1 Å². The largest absolute Gasteiger partial charge is 0.396 e. The molecule has 0 aliphatic carbocycles. The molecular formula is C10H14BIrN6. The molecule has 0 aromatic carbocycles. The third kappa shape index (κ3) is 2.18. The van der Waals surface area contributed by atoms with E-state index in [1.165, 1.54) is 0 Å². The zero-order valence-electron chi connectivity index (χ0n) is 10.3. The maximum absolute atomic E-state index is 4.34. The van der Waals surface area contributed by atoms with E-state index in [1.54, 1.807) is 0 Å². The zero-order chi connectivity index (χ0) is 11.8. The first-order chi connectivity index (χ1) is 8.25. The van der Waals surface area contributed by atoms with E-state index < -0.39 is 0 Å². The molecule has 2 radical (unpaired) electrons. The van der Waals surface area contributed by atoms with Gasteiger partial charge in [0.05, 0.1) is 0 Å². The van der Waals surface area contributed by atoms with Crippen LogP contribution in [-0.2, 0) is 34.2 Å². The van der Waals surface area contributed by atoms with E-state index >= 15 is 0 Å². The van der Waals surface area contributed by atoms with Gasteiger partial charge in [-0.05, 0) is 0 Å². The Morgan fingerprint density at radius 3 is 1.72 bits per heavy atom. The first kappa shape index (κ1) is 13.2. The molecule has 1 saturated heterocycles. The van der Waals surface area contributed by atoms with Gasteiger partial charge in [0.15, 0.2) is 11.9 Å². The Balaban J connectivity index is 0.00000120. The second-order valence-electron chi connectivity index (χ2n) is 4.18. The average molecular weight is 421 g/mol. The van der Waals surface area contributed by atoms with Crippen LogP contribution in [0.25, 0.3) is 0 Å². The molecule has 3 heterocycles.